The number of halogens is 3. The van der Waals surface area contributed by atoms with Gasteiger partial charge in [0.2, 0.25) is 0 Å². The highest BCUT2D eigenvalue weighted by Crippen LogP contribution is 2.43. The number of thiophene rings is 1. The van der Waals surface area contributed by atoms with Gasteiger partial charge in [0.05, 0.1) is 9.77 Å². The van der Waals surface area contributed by atoms with Crippen molar-refractivity contribution in [1.82, 2.24) is 0 Å². The van der Waals surface area contributed by atoms with Crippen LogP contribution in [0.3, 0.4) is 0 Å². The van der Waals surface area contributed by atoms with Crippen molar-refractivity contribution in [3.63, 3.8) is 0 Å². The van der Waals surface area contributed by atoms with Gasteiger partial charge in [0.25, 0.3) is 0 Å². The Morgan fingerprint density at radius 3 is 2.12 bits per heavy atom. The predicted molar refractivity (Wildman–Crippen MR) is 119 cm³/mol. The normalized spacial score (nSPS) is 17.3. The monoisotopic (exact) mass is 480 g/mol. The number of methoxy groups -OCH3 is 1. The second-order valence-corrected chi connectivity index (χ2v) is 10.1. The lowest BCUT2D eigenvalue weighted by Gasteiger charge is -2.35. The van der Waals surface area contributed by atoms with Gasteiger partial charge in [0.15, 0.2) is 0 Å². The predicted octanol–water partition coefficient (Wildman–Crippen LogP) is 6.65. The van der Waals surface area contributed by atoms with E-state index in [0.717, 1.165) is 34.1 Å². The Balaban J connectivity index is 1.43. The summed E-state index contributed by atoms with van der Waals surface area (Å²) in [6.07, 6.45) is -3.70. The van der Waals surface area contributed by atoms with Gasteiger partial charge < -0.3 is 14.6 Å². The molecule has 2 heterocycles. The Kier molecular flexibility index (Phi) is 6.97. The molecule has 3 aromatic rings. The summed E-state index contributed by atoms with van der Waals surface area (Å²) in [7, 11) is 1.75. The molecule has 0 bridgehead atoms. The van der Waals surface area contributed by atoms with E-state index in [0.29, 0.717) is 24.3 Å². The van der Waals surface area contributed by atoms with Crippen LogP contribution in [0.1, 0.15) is 40.5 Å². The van der Waals surface area contributed by atoms with Crippen LogP contribution >= 0.6 is 23.1 Å². The molecule has 1 aliphatic heterocycles. The third-order valence-corrected chi connectivity index (χ3v) is 8.10. The Labute approximate surface area is 193 Å². The van der Waals surface area contributed by atoms with Crippen LogP contribution in [0, 0.1) is 0 Å². The van der Waals surface area contributed by atoms with Crippen LogP contribution < -0.4 is 0 Å². The van der Waals surface area contributed by atoms with E-state index in [2.05, 4.69) is 12.1 Å². The third kappa shape index (κ3) is 5.05. The molecule has 1 fully saturated rings. The first-order valence-electron chi connectivity index (χ1n) is 10.2. The first-order valence-corrected chi connectivity index (χ1v) is 11.8. The Morgan fingerprint density at radius 1 is 0.969 bits per heavy atom. The molecule has 1 aromatic heterocycles. The molecule has 1 saturated heterocycles. The minimum Gasteiger partial charge on any atom is -0.384 e. The highest BCUT2D eigenvalue weighted by atomic mass is 32.2. The molecule has 32 heavy (non-hydrogen) atoms. The molecule has 170 valence electrons. The highest BCUT2D eigenvalue weighted by Gasteiger charge is 2.36. The Morgan fingerprint density at radius 2 is 1.56 bits per heavy atom. The fourth-order valence-corrected chi connectivity index (χ4v) is 6.08. The summed E-state index contributed by atoms with van der Waals surface area (Å²) >= 11 is 3.34. The summed E-state index contributed by atoms with van der Waals surface area (Å²) in [5, 5.41) is 10.6. The standard InChI is InChI=1S/C24H23F3O3S2/c1-29-23(12-14-30-15-13-23)20-10-11-21(32-20)31-19-8-4-17(5-9-19)22(28)16-2-6-18(7-3-16)24(25,26)27/h2-11,22,28H,12-15H2,1H3. The minimum atomic E-state index is -4.39. The topological polar surface area (TPSA) is 38.7 Å². The van der Waals surface area contributed by atoms with Crippen LogP contribution in [0.15, 0.2) is 69.8 Å². The van der Waals surface area contributed by atoms with Gasteiger partial charge >= 0.3 is 6.18 Å². The zero-order valence-electron chi connectivity index (χ0n) is 17.4. The molecule has 2 aromatic carbocycles. The van der Waals surface area contributed by atoms with Gasteiger partial charge in [-0.1, -0.05) is 36.0 Å². The summed E-state index contributed by atoms with van der Waals surface area (Å²) in [5.41, 5.74) is 0.0350. The number of hydrogen-bond donors (Lipinski definition) is 1. The fraction of sp³-hybridized carbons (Fsp3) is 0.333. The van der Waals surface area contributed by atoms with E-state index in [1.165, 1.54) is 17.0 Å². The number of aliphatic hydroxyl groups excluding tert-OH is 1. The van der Waals surface area contributed by atoms with Gasteiger partial charge in [0.1, 0.15) is 11.7 Å². The summed E-state index contributed by atoms with van der Waals surface area (Å²) in [5.74, 6) is 0. The number of benzene rings is 2. The number of hydrogen-bond acceptors (Lipinski definition) is 5. The summed E-state index contributed by atoms with van der Waals surface area (Å²) in [6, 6.07) is 16.2. The SMILES string of the molecule is COC1(c2ccc(Sc3ccc(C(O)c4ccc(C(F)(F)F)cc4)cc3)s2)CCOCC1. The van der Waals surface area contributed by atoms with Crippen molar-refractivity contribution >= 4 is 23.1 Å². The van der Waals surface area contributed by atoms with Crippen molar-refractivity contribution in [2.45, 2.75) is 39.8 Å². The van der Waals surface area contributed by atoms with Crippen molar-refractivity contribution in [3.8, 4) is 0 Å². The molecule has 0 aliphatic carbocycles. The van der Waals surface area contributed by atoms with Crippen LogP contribution in [0.5, 0.6) is 0 Å². The lowest BCUT2D eigenvalue weighted by molar-refractivity contribution is -0.137. The molecule has 1 aliphatic rings. The van der Waals surface area contributed by atoms with Crippen molar-refractivity contribution in [1.29, 1.82) is 0 Å². The van der Waals surface area contributed by atoms with E-state index < -0.39 is 17.8 Å². The first kappa shape index (κ1) is 23.3. The highest BCUT2D eigenvalue weighted by molar-refractivity contribution is 8.01. The molecule has 8 heteroatoms. The van der Waals surface area contributed by atoms with Crippen LogP contribution in [0.25, 0.3) is 0 Å². The van der Waals surface area contributed by atoms with E-state index >= 15 is 0 Å². The maximum atomic E-state index is 12.7. The summed E-state index contributed by atoms with van der Waals surface area (Å²) < 4.78 is 50.7. The Bertz CT molecular complexity index is 1020. The van der Waals surface area contributed by atoms with Crippen molar-refractivity contribution in [2.24, 2.45) is 0 Å². The Hall–Kier alpha value is -1.84. The molecule has 1 N–H and O–H groups in total. The van der Waals surface area contributed by atoms with Crippen molar-refractivity contribution in [3.05, 3.63) is 82.2 Å². The van der Waals surface area contributed by atoms with Gasteiger partial charge in [-0.25, -0.2) is 0 Å². The second-order valence-electron chi connectivity index (χ2n) is 7.62. The minimum absolute atomic E-state index is 0.280. The maximum absolute atomic E-state index is 12.7. The van der Waals surface area contributed by atoms with E-state index in [-0.39, 0.29) is 5.60 Å². The van der Waals surface area contributed by atoms with Gasteiger partial charge in [-0.15, -0.1) is 11.3 Å². The van der Waals surface area contributed by atoms with Gasteiger partial charge in [-0.05, 0) is 47.5 Å². The maximum Gasteiger partial charge on any atom is 0.416 e. The van der Waals surface area contributed by atoms with E-state index in [1.54, 1.807) is 42.3 Å². The zero-order chi connectivity index (χ0) is 22.8. The fourth-order valence-electron chi connectivity index (χ4n) is 3.75. The lowest BCUT2D eigenvalue weighted by atomic mass is 9.92. The molecular weight excluding hydrogens is 457 g/mol. The molecule has 0 saturated carbocycles. The van der Waals surface area contributed by atoms with E-state index in [1.807, 2.05) is 12.1 Å². The van der Waals surface area contributed by atoms with Crippen molar-refractivity contribution in [2.75, 3.05) is 20.3 Å². The van der Waals surface area contributed by atoms with Crippen LogP contribution in [0.4, 0.5) is 13.2 Å². The van der Waals surface area contributed by atoms with Gasteiger partial charge in [-0.2, -0.15) is 13.2 Å². The van der Waals surface area contributed by atoms with Gasteiger partial charge in [0, 0.05) is 42.9 Å². The van der Waals surface area contributed by atoms with Crippen molar-refractivity contribution < 1.29 is 27.8 Å². The summed E-state index contributed by atoms with van der Waals surface area (Å²) in [4.78, 5) is 2.21. The molecule has 0 amide bonds. The van der Waals surface area contributed by atoms with Crippen LogP contribution in [-0.4, -0.2) is 25.4 Å². The van der Waals surface area contributed by atoms with Crippen LogP contribution in [0.2, 0.25) is 0 Å². The molecular formula is C24H23F3O3S2. The largest absolute Gasteiger partial charge is 0.416 e. The average Bonchev–Trinajstić information content (AvgIpc) is 3.28. The lowest BCUT2D eigenvalue weighted by Crippen LogP contribution is -2.34. The van der Waals surface area contributed by atoms with E-state index in [9.17, 15) is 18.3 Å². The molecule has 3 nitrogen and oxygen atoms in total. The molecule has 0 radical (unpaired) electrons. The average molecular weight is 481 g/mol. The van der Waals surface area contributed by atoms with Crippen LogP contribution in [-0.2, 0) is 21.3 Å². The third-order valence-electron chi connectivity index (χ3n) is 5.69. The van der Waals surface area contributed by atoms with Gasteiger partial charge in [-0.3, -0.25) is 0 Å². The molecule has 4 rings (SSSR count). The quantitative estimate of drug-likeness (QED) is 0.429. The smallest absolute Gasteiger partial charge is 0.384 e. The molecule has 0 spiro atoms. The molecule has 1 unspecified atom stereocenters. The summed E-state index contributed by atoms with van der Waals surface area (Å²) in [6.45, 7) is 1.38. The first-order chi connectivity index (χ1) is 15.3. The van der Waals surface area contributed by atoms with E-state index in [4.69, 9.17) is 9.47 Å². The zero-order valence-corrected chi connectivity index (χ0v) is 19.0. The number of rotatable bonds is 6. The second kappa shape index (κ2) is 9.57. The number of aliphatic hydroxyl groups is 1. The number of alkyl halides is 3. The molecule has 1 atom stereocenters. The number of ether oxygens (including phenoxy) is 2.